The van der Waals surface area contributed by atoms with E-state index in [1.807, 2.05) is 68.1 Å². The van der Waals surface area contributed by atoms with Crippen molar-refractivity contribution in [2.45, 2.75) is 39.0 Å². The van der Waals surface area contributed by atoms with Crippen molar-refractivity contribution in [3.8, 4) is 5.69 Å². The average Bonchev–Trinajstić information content (AvgIpc) is 3.34. The zero-order valence-corrected chi connectivity index (χ0v) is 20.9. The Morgan fingerprint density at radius 3 is 2.36 bits per heavy atom. The molecule has 2 aromatic carbocycles. The van der Waals surface area contributed by atoms with Crippen LogP contribution in [0.15, 0.2) is 79.0 Å². The Bertz CT molecular complexity index is 1430. The molecule has 1 fully saturated rings. The van der Waals surface area contributed by atoms with Crippen LogP contribution in [0.2, 0.25) is 0 Å². The van der Waals surface area contributed by atoms with E-state index in [2.05, 4.69) is 16.4 Å². The number of nitrogens with zero attached hydrogens (tertiary/aromatic N) is 3. The molecule has 8 heteroatoms. The van der Waals surface area contributed by atoms with Gasteiger partial charge in [-0.15, -0.1) is 0 Å². The molecule has 0 amide bonds. The summed E-state index contributed by atoms with van der Waals surface area (Å²) in [5, 5.41) is 3.97. The summed E-state index contributed by atoms with van der Waals surface area (Å²) in [5.41, 5.74) is 4.55. The first kappa shape index (κ1) is 24.1. The third-order valence-electron chi connectivity index (χ3n) is 6.62. The van der Waals surface area contributed by atoms with E-state index in [0.29, 0.717) is 10.8 Å². The molecule has 1 saturated heterocycles. The highest BCUT2D eigenvalue weighted by atomic mass is 32.1. The molecule has 3 heterocycles. The van der Waals surface area contributed by atoms with Gasteiger partial charge in [-0.05, 0) is 86.6 Å². The fraction of sp³-hybridized carbons (Fsp3) is 0.214. The SMILES string of the molecule is Cc1cccc(N2C(=S)N[C@H](c3ccccn3)[C@@H]2c2cc(C)n(-c3ccccc3C(F)(F)F)c2C)c1. The summed E-state index contributed by atoms with van der Waals surface area (Å²) in [5.74, 6) is 0. The molecule has 2 aromatic heterocycles. The number of anilines is 1. The van der Waals surface area contributed by atoms with E-state index in [1.165, 1.54) is 12.1 Å². The second-order valence-corrected chi connectivity index (χ2v) is 9.40. The van der Waals surface area contributed by atoms with Crippen LogP contribution in [0, 0.1) is 20.8 Å². The maximum atomic E-state index is 13.9. The van der Waals surface area contributed by atoms with E-state index < -0.39 is 11.7 Å². The molecule has 0 radical (unpaired) electrons. The highest BCUT2D eigenvalue weighted by molar-refractivity contribution is 7.80. The molecule has 0 aliphatic carbocycles. The number of thiocarbonyl (C=S) groups is 1. The highest BCUT2D eigenvalue weighted by Gasteiger charge is 2.43. The van der Waals surface area contributed by atoms with E-state index in [4.69, 9.17) is 12.2 Å². The number of pyridine rings is 1. The van der Waals surface area contributed by atoms with Gasteiger partial charge in [0.15, 0.2) is 5.11 Å². The molecular formula is C28H25F3N4S. The van der Waals surface area contributed by atoms with Crippen molar-refractivity contribution in [3.05, 3.63) is 113 Å². The number of para-hydroxylation sites is 1. The molecule has 2 atom stereocenters. The van der Waals surface area contributed by atoms with Crippen LogP contribution in [-0.4, -0.2) is 14.7 Å². The number of hydrogen-bond donors (Lipinski definition) is 1. The Hall–Kier alpha value is -3.65. The van der Waals surface area contributed by atoms with Crippen LogP contribution < -0.4 is 10.2 Å². The normalized spacial score (nSPS) is 17.9. The lowest BCUT2D eigenvalue weighted by Gasteiger charge is -2.28. The summed E-state index contributed by atoms with van der Waals surface area (Å²) in [6.45, 7) is 5.71. The molecule has 184 valence electrons. The first-order valence-electron chi connectivity index (χ1n) is 11.6. The molecule has 5 rings (SSSR count). The third-order valence-corrected chi connectivity index (χ3v) is 6.93. The third kappa shape index (κ3) is 4.15. The van der Waals surface area contributed by atoms with Gasteiger partial charge in [0.1, 0.15) is 0 Å². The molecule has 1 aliphatic rings. The van der Waals surface area contributed by atoms with Gasteiger partial charge in [-0.3, -0.25) is 4.98 Å². The number of nitrogens with one attached hydrogen (secondary N) is 1. The van der Waals surface area contributed by atoms with Gasteiger partial charge in [0, 0.05) is 23.3 Å². The molecule has 0 saturated carbocycles. The molecule has 4 nitrogen and oxygen atoms in total. The van der Waals surface area contributed by atoms with Gasteiger partial charge >= 0.3 is 6.18 Å². The molecule has 0 spiro atoms. The van der Waals surface area contributed by atoms with E-state index in [1.54, 1.807) is 16.8 Å². The molecule has 1 N–H and O–H groups in total. The monoisotopic (exact) mass is 506 g/mol. The number of halogens is 3. The van der Waals surface area contributed by atoms with Gasteiger partial charge in [0.05, 0.1) is 29.0 Å². The number of benzene rings is 2. The fourth-order valence-electron chi connectivity index (χ4n) is 5.09. The van der Waals surface area contributed by atoms with Crippen LogP contribution >= 0.6 is 12.2 Å². The maximum Gasteiger partial charge on any atom is 0.418 e. The van der Waals surface area contributed by atoms with Crippen molar-refractivity contribution in [1.82, 2.24) is 14.9 Å². The largest absolute Gasteiger partial charge is 0.418 e. The fourth-order valence-corrected chi connectivity index (χ4v) is 5.44. The van der Waals surface area contributed by atoms with Crippen LogP contribution in [0.3, 0.4) is 0 Å². The zero-order chi connectivity index (χ0) is 25.6. The Balaban J connectivity index is 1.71. The predicted octanol–water partition coefficient (Wildman–Crippen LogP) is 6.99. The summed E-state index contributed by atoms with van der Waals surface area (Å²) < 4.78 is 43.4. The maximum absolute atomic E-state index is 13.9. The van der Waals surface area contributed by atoms with Crippen LogP contribution in [-0.2, 0) is 6.18 Å². The van der Waals surface area contributed by atoms with Crippen molar-refractivity contribution in [1.29, 1.82) is 0 Å². The van der Waals surface area contributed by atoms with E-state index in [-0.39, 0.29) is 17.8 Å². The van der Waals surface area contributed by atoms with Crippen LogP contribution in [0.5, 0.6) is 0 Å². The summed E-state index contributed by atoms with van der Waals surface area (Å²) >= 11 is 5.80. The number of hydrogen-bond acceptors (Lipinski definition) is 2. The standard InChI is InChI=1S/C28H25F3N4S/c1-17-9-8-10-20(15-17)35-26(25(33-27(35)36)23-12-6-7-14-32-23)21-16-18(2)34(19(21)3)24-13-5-4-11-22(24)28(29,30)31/h4-16,25-26H,1-3H3,(H,33,36)/t25-,26+/m1/s1. The zero-order valence-electron chi connectivity index (χ0n) is 20.0. The van der Waals surface area contributed by atoms with E-state index >= 15 is 0 Å². The number of aromatic nitrogens is 2. The first-order chi connectivity index (χ1) is 17.2. The Morgan fingerprint density at radius 1 is 0.917 bits per heavy atom. The van der Waals surface area contributed by atoms with Crippen molar-refractivity contribution in [2.24, 2.45) is 0 Å². The van der Waals surface area contributed by atoms with Gasteiger partial charge < -0.3 is 14.8 Å². The number of aryl methyl sites for hydroxylation is 2. The molecular weight excluding hydrogens is 481 g/mol. The summed E-state index contributed by atoms with van der Waals surface area (Å²) in [4.78, 5) is 6.62. The van der Waals surface area contributed by atoms with E-state index in [9.17, 15) is 13.2 Å². The minimum absolute atomic E-state index is 0.108. The summed E-state index contributed by atoms with van der Waals surface area (Å²) in [6.07, 6.45) is -2.74. The van der Waals surface area contributed by atoms with Crippen molar-refractivity contribution >= 4 is 23.0 Å². The van der Waals surface area contributed by atoms with Gasteiger partial charge in [0.25, 0.3) is 0 Å². The lowest BCUT2D eigenvalue weighted by molar-refractivity contribution is -0.137. The Kier molecular flexibility index (Phi) is 6.08. The van der Waals surface area contributed by atoms with Crippen molar-refractivity contribution < 1.29 is 13.2 Å². The minimum atomic E-state index is -4.47. The topological polar surface area (TPSA) is 33.1 Å². The Morgan fingerprint density at radius 2 is 1.67 bits per heavy atom. The van der Waals surface area contributed by atoms with Crippen LogP contribution in [0.25, 0.3) is 5.69 Å². The molecule has 1 aliphatic heterocycles. The summed E-state index contributed by atoms with van der Waals surface area (Å²) in [6, 6.07) is 20.8. The molecule has 0 bridgehead atoms. The van der Waals surface area contributed by atoms with Crippen molar-refractivity contribution in [2.75, 3.05) is 4.90 Å². The quantitative estimate of drug-likeness (QED) is 0.302. The van der Waals surface area contributed by atoms with Crippen LogP contribution in [0.1, 0.15) is 45.9 Å². The smallest absolute Gasteiger partial charge is 0.351 e. The second-order valence-electron chi connectivity index (χ2n) is 9.01. The second kappa shape index (κ2) is 9.09. The van der Waals surface area contributed by atoms with E-state index in [0.717, 1.165) is 34.3 Å². The van der Waals surface area contributed by atoms with Gasteiger partial charge in [-0.25, -0.2) is 0 Å². The predicted molar refractivity (Wildman–Crippen MR) is 139 cm³/mol. The lowest BCUT2D eigenvalue weighted by Crippen LogP contribution is -2.29. The van der Waals surface area contributed by atoms with Gasteiger partial charge in [-0.2, -0.15) is 13.2 Å². The first-order valence-corrected chi connectivity index (χ1v) is 12.0. The Labute approximate surface area is 213 Å². The summed E-state index contributed by atoms with van der Waals surface area (Å²) in [7, 11) is 0. The number of alkyl halides is 3. The lowest BCUT2D eigenvalue weighted by atomic mass is 9.96. The molecule has 4 aromatic rings. The van der Waals surface area contributed by atoms with Gasteiger partial charge in [0.2, 0.25) is 0 Å². The average molecular weight is 507 g/mol. The van der Waals surface area contributed by atoms with Gasteiger partial charge in [-0.1, -0.05) is 30.3 Å². The minimum Gasteiger partial charge on any atom is -0.351 e. The highest BCUT2D eigenvalue weighted by Crippen LogP contribution is 2.44. The molecule has 0 unspecified atom stereocenters. The number of rotatable bonds is 4. The van der Waals surface area contributed by atoms with Crippen LogP contribution in [0.4, 0.5) is 18.9 Å². The van der Waals surface area contributed by atoms with Crippen molar-refractivity contribution in [3.63, 3.8) is 0 Å². The molecule has 36 heavy (non-hydrogen) atoms.